The lowest BCUT2D eigenvalue weighted by atomic mass is 10.2. The van der Waals surface area contributed by atoms with Gasteiger partial charge in [-0.25, -0.2) is 0 Å². The summed E-state index contributed by atoms with van der Waals surface area (Å²) in [6.45, 7) is 2.08. The van der Waals surface area contributed by atoms with Crippen LogP contribution in [0.1, 0.15) is 5.56 Å². The molecule has 0 unspecified atom stereocenters. The van der Waals surface area contributed by atoms with Crippen LogP contribution in [0.25, 0.3) is 10.1 Å². The highest BCUT2D eigenvalue weighted by atomic mass is 35.5. The van der Waals surface area contributed by atoms with Gasteiger partial charge in [-0.05, 0) is 12.5 Å². The van der Waals surface area contributed by atoms with E-state index in [1.165, 1.54) is 10.3 Å². The molecule has 0 radical (unpaired) electrons. The van der Waals surface area contributed by atoms with E-state index in [0.29, 0.717) is 0 Å². The Hall–Kier alpha value is -0.730. The van der Waals surface area contributed by atoms with E-state index in [0.717, 1.165) is 15.5 Å². The molecule has 0 amide bonds. The molecule has 0 spiro atoms. The third-order valence-corrected chi connectivity index (χ3v) is 3.80. The second-order valence-electron chi connectivity index (χ2n) is 2.86. The van der Waals surface area contributed by atoms with Gasteiger partial charge in [-0.15, -0.1) is 0 Å². The van der Waals surface area contributed by atoms with E-state index in [4.69, 9.17) is 16.3 Å². The molecule has 0 aliphatic carbocycles. The molecule has 0 aliphatic heterocycles. The summed E-state index contributed by atoms with van der Waals surface area (Å²) in [6.07, 6.45) is 0. The van der Waals surface area contributed by atoms with Gasteiger partial charge in [0.2, 0.25) is 0 Å². The topological polar surface area (TPSA) is 9.23 Å². The Kier molecular flexibility index (Phi) is 2.18. The van der Waals surface area contributed by atoms with Gasteiger partial charge in [0.15, 0.2) is 5.06 Å². The monoisotopic (exact) mass is 212 g/mol. The van der Waals surface area contributed by atoms with Gasteiger partial charge in [-0.2, -0.15) is 0 Å². The van der Waals surface area contributed by atoms with Crippen LogP contribution in [-0.4, -0.2) is 7.11 Å². The van der Waals surface area contributed by atoms with Crippen LogP contribution in [0.5, 0.6) is 5.06 Å². The van der Waals surface area contributed by atoms with Crippen LogP contribution in [0.4, 0.5) is 0 Å². The van der Waals surface area contributed by atoms with Gasteiger partial charge in [0.05, 0.1) is 7.11 Å². The summed E-state index contributed by atoms with van der Waals surface area (Å²) >= 11 is 7.71. The number of aryl methyl sites for hydroxylation is 1. The summed E-state index contributed by atoms with van der Waals surface area (Å²) in [5, 5.41) is 2.61. The number of hydrogen-bond acceptors (Lipinski definition) is 2. The summed E-state index contributed by atoms with van der Waals surface area (Å²) in [5.74, 6) is 0. The summed E-state index contributed by atoms with van der Waals surface area (Å²) in [6, 6.07) is 6.11. The number of thiophene rings is 1. The number of methoxy groups -OCH3 is 1. The second kappa shape index (κ2) is 3.20. The van der Waals surface area contributed by atoms with Gasteiger partial charge in [-0.3, -0.25) is 0 Å². The molecule has 0 atom stereocenters. The highest BCUT2D eigenvalue weighted by Crippen LogP contribution is 2.42. The molecule has 0 aliphatic rings. The molecule has 2 rings (SSSR count). The maximum atomic E-state index is 6.11. The number of fused-ring (bicyclic) bond motifs is 1. The van der Waals surface area contributed by atoms with Crippen LogP contribution < -0.4 is 4.74 Å². The van der Waals surface area contributed by atoms with Crippen molar-refractivity contribution in [1.82, 2.24) is 0 Å². The van der Waals surface area contributed by atoms with Crippen LogP contribution in [-0.2, 0) is 0 Å². The van der Waals surface area contributed by atoms with Crippen LogP contribution >= 0.6 is 22.9 Å². The predicted octanol–water partition coefficient (Wildman–Crippen LogP) is 3.87. The maximum absolute atomic E-state index is 6.11. The molecular formula is C10H9ClOS. The maximum Gasteiger partial charge on any atom is 0.193 e. The molecule has 0 fully saturated rings. The van der Waals surface area contributed by atoms with Crippen molar-refractivity contribution >= 4 is 33.0 Å². The molecule has 0 saturated heterocycles. The van der Waals surface area contributed by atoms with Crippen molar-refractivity contribution < 1.29 is 4.74 Å². The third kappa shape index (κ3) is 1.30. The highest BCUT2D eigenvalue weighted by molar-refractivity contribution is 7.21. The first-order chi connectivity index (χ1) is 6.24. The van der Waals surface area contributed by atoms with Gasteiger partial charge >= 0.3 is 0 Å². The van der Waals surface area contributed by atoms with Gasteiger partial charge in [0, 0.05) is 10.1 Å². The lowest BCUT2D eigenvalue weighted by Crippen LogP contribution is -1.75. The number of halogens is 1. The van der Waals surface area contributed by atoms with E-state index in [1.807, 2.05) is 12.1 Å². The summed E-state index contributed by atoms with van der Waals surface area (Å²) in [4.78, 5) is 0. The van der Waals surface area contributed by atoms with E-state index in [2.05, 4.69) is 13.0 Å². The van der Waals surface area contributed by atoms with Crippen molar-refractivity contribution in [3.8, 4) is 5.06 Å². The van der Waals surface area contributed by atoms with Crippen LogP contribution in [0, 0.1) is 6.92 Å². The molecule has 0 saturated carbocycles. The molecular weight excluding hydrogens is 204 g/mol. The normalized spacial score (nSPS) is 10.7. The largest absolute Gasteiger partial charge is 0.486 e. The standard InChI is InChI=1S/C10H9ClOS/c1-6-4-3-5-7-8(11)10(12-2)13-9(6)7/h3-5H,1-2H3. The summed E-state index contributed by atoms with van der Waals surface area (Å²) < 4.78 is 6.38. The lowest BCUT2D eigenvalue weighted by molar-refractivity contribution is 0.427. The summed E-state index contributed by atoms with van der Waals surface area (Å²) in [7, 11) is 1.64. The SMILES string of the molecule is COc1sc2c(C)cccc2c1Cl. The first-order valence-corrected chi connectivity index (χ1v) is 5.15. The molecule has 0 bridgehead atoms. The van der Waals surface area contributed by atoms with Crippen LogP contribution in [0.3, 0.4) is 0 Å². The fourth-order valence-electron chi connectivity index (χ4n) is 1.34. The van der Waals surface area contributed by atoms with E-state index in [-0.39, 0.29) is 0 Å². The zero-order valence-corrected chi connectivity index (χ0v) is 9.00. The van der Waals surface area contributed by atoms with Crippen LogP contribution in [0.2, 0.25) is 5.02 Å². The Balaban J connectivity index is 2.83. The Bertz CT molecular complexity index is 447. The first-order valence-electron chi connectivity index (χ1n) is 3.95. The van der Waals surface area contributed by atoms with Gasteiger partial charge in [0.1, 0.15) is 5.02 Å². The van der Waals surface area contributed by atoms with Gasteiger partial charge < -0.3 is 4.74 Å². The van der Waals surface area contributed by atoms with Crippen LogP contribution in [0.15, 0.2) is 18.2 Å². The molecule has 2 aromatic rings. The molecule has 1 aromatic carbocycles. The zero-order valence-electron chi connectivity index (χ0n) is 7.43. The zero-order chi connectivity index (χ0) is 9.42. The quantitative estimate of drug-likeness (QED) is 0.697. The first kappa shape index (κ1) is 8.85. The summed E-state index contributed by atoms with van der Waals surface area (Å²) in [5.41, 5.74) is 1.24. The van der Waals surface area contributed by atoms with E-state index in [1.54, 1.807) is 18.4 Å². The van der Waals surface area contributed by atoms with Gasteiger partial charge in [0.25, 0.3) is 0 Å². The molecule has 1 nitrogen and oxygen atoms in total. The van der Waals surface area contributed by atoms with E-state index < -0.39 is 0 Å². The van der Waals surface area contributed by atoms with Crippen molar-refractivity contribution in [2.24, 2.45) is 0 Å². The van der Waals surface area contributed by atoms with E-state index in [9.17, 15) is 0 Å². The smallest absolute Gasteiger partial charge is 0.193 e. The average Bonchev–Trinajstić information content (AvgIpc) is 2.45. The fourth-order valence-corrected chi connectivity index (χ4v) is 2.72. The highest BCUT2D eigenvalue weighted by Gasteiger charge is 2.10. The third-order valence-electron chi connectivity index (χ3n) is 2.01. The average molecular weight is 213 g/mol. The van der Waals surface area contributed by atoms with Crippen molar-refractivity contribution in [3.63, 3.8) is 0 Å². The second-order valence-corrected chi connectivity index (χ2v) is 4.22. The molecule has 1 heterocycles. The van der Waals surface area contributed by atoms with Crippen molar-refractivity contribution in [1.29, 1.82) is 0 Å². The van der Waals surface area contributed by atoms with Gasteiger partial charge in [-0.1, -0.05) is 41.1 Å². The minimum Gasteiger partial charge on any atom is -0.486 e. The minimum atomic E-state index is 0.728. The van der Waals surface area contributed by atoms with E-state index >= 15 is 0 Å². The predicted molar refractivity (Wildman–Crippen MR) is 58.1 cm³/mol. The number of ether oxygens (including phenoxy) is 1. The Morgan fingerprint density at radius 1 is 1.38 bits per heavy atom. The Morgan fingerprint density at radius 2 is 2.15 bits per heavy atom. The number of benzene rings is 1. The van der Waals surface area contributed by atoms with Crippen molar-refractivity contribution in [2.75, 3.05) is 7.11 Å². The molecule has 13 heavy (non-hydrogen) atoms. The lowest BCUT2D eigenvalue weighted by Gasteiger charge is -1.93. The Labute approximate surface area is 85.9 Å². The number of hydrogen-bond donors (Lipinski definition) is 0. The molecule has 0 N–H and O–H groups in total. The van der Waals surface area contributed by atoms with Crippen molar-refractivity contribution in [2.45, 2.75) is 6.92 Å². The Morgan fingerprint density at radius 3 is 2.77 bits per heavy atom. The molecule has 3 heteroatoms. The minimum absolute atomic E-state index is 0.728. The fraction of sp³-hybridized carbons (Fsp3) is 0.200. The molecule has 68 valence electrons. The van der Waals surface area contributed by atoms with Crippen molar-refractivity contribution in [3.05, 3.63) is 28.8 Å². The molecule has 1 aromatic heterocycles. The number of rotatable bonds is 1.